The molecule has 1 aromatic rings. The summed E-state index contributed by atoms with van der Waals surface area (Å²) in [6.07, 6.45) is 0. The minimum absolute atomic E-state index is 0.0219. The van der Waals surface area contributed by atoms with E-state index in [1.165, 1.54) is 11.5 Å². The monoisotopic (exact) mass is 157 g/mol. The van der Waals surface area contributed by atoms with Gasteiger partial charge in [0.15, 0.2) is 5.13 Å². The predicted octanol–water partition coefficient (Wildman–Crippen LogP) is 1.42. The van der Waals surface area contributed by atoms with Crippen molar-refractivity contribution in [1.82, 2.24) is 9.36 Å². The van der Waals surface area contributed by atoms with Crippen LogP contribution < -0.4 is 5.73 Å². The van der Waals surface area contributed by atoms with E-state index in [1.807, 2.05) is 0 Å². The Morgan fingerprint density at radius 1 is 1.40 bits per heavy atom. The number of nitrogens with two attached hydrogens (primary N) is 1. The van der Waals surface area contributed by atoms with E-state index in [-0.39, 0.29) is 5.41 Å². The lowest BCUT2D eigenvalue weighted by Crippen LogP contribution is -2.13. The van der Waals surface area contributed by atoms with Gasteiger partial charge in [0.25, 0.3) is 0 Å². The molecule has 0 aromatic carbocycles. The Kier molecular flexibility index (Phi) is 1.64. The Labute approximate surface area is 64.5 Å². The highest BCUT2D eigenvalue weighted by molar-refractivity contribution is 7.09. The highest BCUT2D eigenvalue weighted by atomic mass is 32.1. The zero-order valence-electron chi connectivity index (χ0n) is 6.38. The van der Waals surface area contributed by atoms with Gasteiger partial charge in [-0.15, -0.1) is 0 Å². The molecule has 0 spiro atoms. The second-order valence-electron chi connectivity index (χ2n) is 3.21. The third kappa shape index (κ3) is 1.44. The summed E-state index contributed by atoms with van der Waals surface area (Å²) >= 11 is 1.25. The minimum Gasteiger partial charge on any atom is -0.374 e. The molecule has 0 aliphatic heterocycles. The van der Waals surface area contributed by atoms with Crippen LogP contribution in [0.3, 0.4) is 0 Å². The van der Waals surface area contributed by atoms with E-state index in [4.69, 9.17) is 5.73 Å². The van der Waals surface area contributed by atoms with Crippen molar-refractivity contribution >= 4 is 16.7 Å². The molecule has 3 nitrogen and oxygen atoms in total. The third-order valence-corrected chi connectivity index (χ3v) is 1.66. The van der Waals surface area contributed by atoms with Crippen LogP contribution in [0.4, 0.5) is 5.13 Å². The topological polar surface area (TPSA) is 51.8 Å². The summed E-state index contributed by atoms with van der Waals surface area (Å²) in [6.45, 7) is 6.19. The molecule has 0 radical (unpaired) electrons. The maximum atomic E-state index is 5.42. The van der Waals surface area contributed by atoms with Crippen LogP contribution in [0, 0.1) is 0 Å². The fourth-order valence-corrected chi connectivity index (χ4v) is 1.16. The van der Waals surface area contributed by atoms with Crippen molar-refractivity contribution in [2.45, 2.75) is 26.2 Å². The number of hydrogen-bond acceptors (Lipinski definition) is 4. The van der Waals surface area contributed by atoms with Crippen molar-refractivity contribution in [2.24, 2.45) is 0 Å². The average molecular weight is 157 g/mol. The van der Waals surface area contributed by atoms with Crippen molar-refractivity contribution in [1.29, 1.82) is 0 Å². The first-order valence-corrected chi connectivity index (χ1v) is 3.87. The maximum absolute atomic E-state index is 5.42. The number of rotatable bonds is 0. The van der Waals surface area contributed by atoms with E-state index in [2.05, 4.69) is 30.1 Å². The Morgan fingerprint density at radius 3 is 2.20 bits per heavy atom. The van der Waals surface area contributed by atoms with Gasteiger partial charge >= 0.3 is 0 Å². The van der Waals surface area contributed by atoms with Gasteiger partial charge in [0.2, 0.25) is 0 Å². The zero-order chi connectivity index (χ0) is 7.78. The highest BCUT2D eigenvalue weighted by Crippen LogP contribution is 2.20. The highest BCUT2D eigenvalue weighted by Gasteiger charge is 2.18. The molecule has 0 aliphatic carbocycles. The lowest BCUT2D eigenvalue weighted by Gasteiger charge is -2.11. The molecule has 0 aliphatic rings. The summed E-state index contributed by atoms with van der Waals surface area (Å²) in [5.41, 5.74) is 5.44. The molecule has 4 heteroatoms. The maximum Gasteiger partial charge on any atom is 0.199 e. The molecule has 0 amide bonds. The molecule has 0 fully saturated rings. The minimum atomic E-state index is 0.0219. The van der Waals surface area contributed by atoms with E-state index in [1.54, 1.807) is 0 Å². The molecule has 1 rings (SSSR count). The molecule has 1 heterocycles. The number of hydrogen-bond donors (Lipinski definition) is 1. The van der Waals surface area contributed by atoms with Gasteiger partial charge in [0, 0.05) is 16.9 Å². The van der Waals surface area contributed by atoms with Crippen LogP contribution in [0.5, 0.6) is 0 Å². The molecule has 0 atom stereocenters. The van der Waals surface area contributed by atoms with Crippen molar-refractivity contribution in [3.63, 3.8) is 0 Å². The van der Waals surface area contributed by atoms with Gasteiger partial charge in [-0.1, -0.05) is 20.8 Å². The largest absolute Gasteiger partial charge is 0.374 e. The average Bonchev–Trinajstić information content (AvgIpc) is 2.11. The lowest BCUT2D eigenvalue weighted by molar-refractivity contribution is 0.555. The van der Waals surface area contributed by atoms with Crippen molar-refractivity contribution in [3.05, 3.63) is 5.82 Å². The summed E-state index contributed by atoms with van der Waals surface area (Å²) in [7, 11) is 0. The zero-order valence-corrected chi connectivity index (χ0v) is 7.20. The molecule has 56 valence electrons. The van der Waals surface area contributed by atoms with Crippen LogP contribution >= 0.6 is 11.5 Å². The fourth-order valence-electron chi connectivity index (χ4n) is 0.540. The molecule has 1 aromatic heterocycles. The van der Waals surface area contributed by atoms with E-state index in [0.29, 0.717) is 5.13 Å². The lowest BCUT2D eigenvalue weighted by atomic mass is 9.96. The summed E-state index contributed by atoms with van der Waals surface area (Å²) < 4.78 is 4.09. The van der Waals surface area contributed by atoms with Crippen molar-refractivity contribution in [2.75, 3.05) is 5.73 Å². The fraction of sp³-hybridized carbons (Fsp3) is 0.667. The smallest absolute Gasteiger partial charge is 0.199 e. The molecule has 2 N–H and O–H groups in total. The predicted molar refractivity (Wildman–Crippen MR) is 43.0 cm³/mol. The Bertz CT molecular complexity index is 223. The molecule has 0 saturated heterocycles. The Balaban J connectivity index is 2.96. The molecule has 0 unspecified atom stereocenters. The number of nitrogens with zero attached hydrogens (tertiary/aromatic N) is 2. The molecular weight excluding hydrogens is 146 g/mol. The quantitative estimate of drug-likeness (QED) is 0.619. The van der Waals surface area contributed by atoms with Crippen LogP contribution in [-0.4, -0.2) is 9.36 Å². The summed E-state index contributed by atoms with van der Waals surface area (Å²) in [5.74, 6) is 0.829. The Hall–Kier alpha value is -0.640. The first-order valence-electron chi connectivity index (χ1n) is 3.10. The van der Waals surface area contributed by atoms with Crippen molar-refractivity contribution < 1.29 is 0 Å². The van der Waals surface area contributed by atoms with Gasteiger partial charge in [0.1, 0.15) is 5.82 Å². The van der Waals surface area contributed by atoms with E-state index in [0.717, 1.165) is 5.82 Å². The van der Waals surface area contributed by atoms with E-state index < -0.39 is 0 Å². The second kappa shape index (κ2) is 2.20. The number of aromatic nitrogens is 2. The second-order valence-corrected chi connectivity index (χ2v) is 3.99. The number of anilines is 1. The summed E-state index contributed by atoms with van der Waals surface area (Å²) in [6, 6.07) is 0. The van der Waals surface area contributed by atoms with Crippen LogP contribution in [0.1, 0.15) is 26.6 Å². The Morgan fingerprint density at radius 2 is 2.00 bits per heavy atom. The molecule has 0 bridgehead atoms. The summed E-state index contributed by atoms with van der Waals surface area (Å²) in [5, 5.41) is 0.546. The van der Waals surface area contributed by atoms with Crippen LogP contribution in [0.25, 0.3) is 0 Å². The molecular formula is C6H11N3S. The van der Waals surface area contributed by atoms with Crippen molar-refractivity contribution in [3.8, 4) is 0 Å². The van der Waals surface area contributed by atoms with Gasteiger partial charge in [-0.3, -0.25) is 0 Å². The van der Waals surface area contributed by atoms with E-state index in [9.17, 15) is 0 Å². The van der Waals surface area contributed by atoms with Gasteiger partial charge in [-0.25, -0.2) is 4.98 Å². The molecule has 10 heavy (non-hydrogen) atoms. The normalized spacial score (nSPS) is 11.9. The first kappa shape index (κ1) is 7.47. The molecule has 0 saturated carbocycles. The SMILES string of the molecule is CC(C)(C)c1nsc(N)n1. The third-order valence-electron chi connectivity index (χ3n) is 1.11. The van der Waals surface area contributed by atoms with Crippen LogP contribution in [0.15, 0.2) is 0 Å². The van der Waals surface area contributed by atoms with Gasteiger partial charge in [-0.05, 0) is 0 Å². The van der Waals surface area contributed by atoms with Crippen LogP contribution in [-0.2, 0) is 5.41 Å². The van der Waals surface area contributed by atoms with Gasteiger partial charge in [0.05, 0.1) is 0 Å². The first-order chi connectivity index (χ1) is 4.50. The standard InChI is InChI=1S/C6H11N3S/c1-6(2,3)4-8-5(7)10-9-4/h1-3H3,(H2,7,8,9). The van der Waals surface area contributed by atoms with Gasteiger partial charge in [-0.2, -0.15) is 4.37 Å². The number of nitrogen functional groups attached to an aromatic ring is 1. The van der Waals surface area contributed by atoms with Crippen LogP contribution in [0.2, 0.25) is 0 Å². The van der Waals surface area contributed by atoms with Gasteiger partial charge < -0.3 is 5.73 Å². The van der Waals surface area contributed by atoms with E-state index >= 15 is 0 Å². The summed E-state index contributed by atoms with van der Waals surface area (Å²) in [4.78, 5) is 4.07.